The molecule has 0 spiro atoms. The van der Waals surface area contributed by atoms with Crippen LogP contribution in [0.2, 0.25) is 0 Å². The number of halogens is 1. The fourth-order valence-corrected chi connectivity index (χ4v) is 1.85. The number of primary amides is 2. The van der Waals surface area contributed by atoms with Gasteiger partial charge in [0, 0.05) is 5.56 Å². The molecule has 7 nitrogen and oxygen atoms in total. The molecule has 5 N–H and O–H groups in total. The highest BCUT2D eigenvalue weighted by Gasteiger charge is 2.28. The van der Waals surface area contributed by atoms with Gasteiger partial charge in [0.2, 0.25) is 12.3 Å². The van der Waals surface area contributed by atoms with E-state index in [2.05, 4.69) is 5.73 Å². The summed E-state index contributed by atoms with van der Waals surface area (Å²) in [4.78, 5) is 30.9. The molecule has 0 fully saturated rings. The van der Waals surface area contributed by atoms with Gasteiger partial charge in [-0.05, 0) is 24.6 Å². The van der Waals surface area contributed by atoms with E-state index >= 15 is 0 Å². The van der Waals surface area contributed by atoms with Crippen LogP contribution in [0.4, 0.5) is 9.18 Å². The van der Waals surface area contributed by atoms with Crippen molar-refractivity contribution in [3.05, 3.63) is 29.6 Å². The SMILES string of the molecule is NC(=O)NC(=O)[C@@H]1CCOc2ccc(F)cc21.NC=O. The van der Waals surface area contributed by atoms with Gasteiger partial charge in [-0.15, -0.1) is 0 Å². The highest BCUT2D eigenvalue weighted by atomic mass is 19.1. The van der Waals surface area contributed by atoms with Gasteiger partial charge in [0.1, 0.15) is 11.6 Å². The smallest absolute Gasteiger partial charge is 0.318 e. The van der Waals surface area contributed by atoms with Gasteiger partial charge in [-0.2, -0.15) is 0 Å². The second-order valence-electron chi connectivity index (χ2n) is 3.86. The van der Waals surface area contributed by atoms with E-state index in [1.807, 2.05) is 5.32 Å². The van der Waals surface area contributed by atoms with Crippen LogP contribution in [0, 0.1) is 5.82 Å². The average Bonchev–Trinajstić information content (AvgIpc) is 2.38. The lowest BCUT2D eigenvalue weighted by molar-refractivity contribution is -0.122. The number of ether oxygens (including phenoxy) is 1. The Morgan fingerprint density at radius 1 is 1.45 bits per heavy atom. The van der Waals surface area contributed by atoms with Gasteiger partial charge in [-0.1, -0.05) is 0 Å². The van der Waals surface area contributed by atoms with Crippen molar-refractivity contribution >= 4 is 18.3 Å². The molecule has 0 bridgehead atoms. The van der Waals surface area contributed by atoms with Crippen molar-refractivity contribution in [2.45, 2.75) is 12.3 Å². The maximum absolute atomic E-state index is 13.1. The first-order valence-corrected chi connectivity index (χ1v) is 5.67. The molecule has 1 aromatic carbocycles. The molecule has 0 aromatic heterocycles. The second kappa shape index (κ2) is 7.07. The number of carbonyl (C=O) groups excluding carboxylic acids is 3. The van der Waals surface area contributed by atoms with Crippen LogP contribution in [0.15, 0.2) is 18.2 Å². The van der Waals surface area contributed by atoms with E-state index in [4.69, 9.17) is 15.3 Å². The third-order valence-electron chi connectivity index (χ3n) is 2.57. The van der Waals surface area contributed by atoms with Crippen LogP contribution in [-0.2, 0) is 9.59 Å². The van der Waals surface area contributed by atoms with Gasteiger partial charge in [0.05, 0.1) is 12.5 Å². The number of nitrogens with two attached hydrogens (primary N) is 2. The van der Waals surface area contributed by atoms with Crippen LogP contribution < -0.4 is 21.5 Å². The summed E-state index contributed by atoms with van der Waals surface area (Å²) in [7, 11) is 0. The zero-order chi connectivity index (χ0) is 15.1. The van der Waals surface area contributed by atoms with Crippen molar-refractivity contribution < 1.29 is 23.5 Å². The third kappa shape index (κ3) is 3.94. The minimum Gasteiger partial charge on any atom is -0.493 e. The quantitative estimate of drug-likeness (QED) is 0.627. The largest absolute Gasteiger partial charge is 0.493 e. The van der Waals surface area contributed by atoms with Crippen molar-refractivity contribution in [1.82, 2.24) is 5.32 Å². The van der Waals surface area contributed by atoms with Gasteiger partial charge < -0.3 is 16.2 Å². The maximum atomic E-state index is 13.1. The topological polar surface area (TPSA) is 125 Å². The molecule has 1 aromatic rings. The van der Waals surface area contributed by atoms with Crippen molar-refractivity contribution in [2.75, 3.05) is 6.61 Å². The van der Waals surface area contributed by atoms with Gasteiger partial charge in [-0.3, -0.25) is 14.9 Å². The standard InChI is InChI=1S/C11H11FN2O3.CH3NO/c12-6-1-2-9-8(5-6)7(3-4-17-9)10(15)14-11(13)16;2-1-3/h1-2,5,7H,3-4H2,(H3,13,14,15,16);1H,(H2,2,3)/t7-;/m1./s1. The zero-order valence-corrected chi connectivity index (χ0v) is 10.5. The van der Waals surface area contributed by atoms with E-state index in [0.717, 1.165) is 0 Å². The van der Waals surface area contributed by atoms with Crippen LogP contribution in [0.5, 0.6) is 5.75 Å². The first kappa shape index (κ1) is 15.4. The second-order valence-corrected chi connectivity index (χ2v) is 3.86. The molecule has 8 heteroatoms. The van der Waals surface area contributed by atoms with Crippen molar-refractivity contribution in [3.8, 4) is 5.75 Å². The monoisotopic (exact) mass is 283 g/mol. The summed E-state index contributed by atoms with van der Waals surface area (Å²) < 4.78 is 18.4. The van der Waals surface area contributed by atoms with Crippen LogP contribution in [0.25, 0.3) is 0 Å². The fraction of sp³-hybridized carbons (Fsp3) is 0.250. The van der Waals surface area contributed by atoms with Gasteiger partial charge >= 0.3 is 6.03 Å². The Labute approximate surface area is 114 Å². The number of rotatable bonds is 1. The molecule has 1 atom stereocenters. The van der Waals surface area contributed by atoms with Crippen LogP contribution in [0.1, 0.15) is 17.9 Å². The Bertz CT molecular complexity index is 521. The highest BCUT2D eigenvalue weighted by Crippen LogP contribution is 2.34. The minimum absolute atomic E-state index is 0.250. The Balaban J connectivity index is 0.000000612. The van der Waals surface area contributed by atoms with Crippen LogP contribution in [0.3, 0.4) is 0 Å². The average molecular weight is 283 g/mol. The van der Waals surface area contributed by atoms with Crippen molar-refractivity contribution in [3.63, 3.8) is 0 Å². The number of imide groups is 1. The molecule has 2 rings (SSSR count). The molecule has 1 aliphatic rings. The molecule has 1 aliphatic heterocycles. The van der Waals surface area contributed by atoms with E-state index < -0.39 is 23.7 Å². The first-order valence-electron chi connectivity index (χ1n) is 5.67. The Morgan fingerprint density at radius 3 is 2.70 bits per heavy atom. The van der Waals surface area contributed by atoms with E-state index in [0.29, 0.717) is 24.3 Å². The van der Waals surface area contributed by atoms with Gasteiger partial charge in [-0.25, -0.2) is 9.18 Å². The Hall–Kier alpha value is -2.64. The molecule has 20 heavy (non-hydrogen) atoms. The molecule has 108 valence electrons. The molecular formula is C12H14FN3O4. The minimum atomic E-state index is -0.917. The van der Waals surface area contributed by atoms with E-state index in [-0.39, 0.29) is 6.41 Å². The summed E-state index contributed by atoms with van der Waals surface area (Å²) in [5, 5.41) is 1.99. The summed E-state index contributed by atoms with van der Waals surface area (Å²) in [6, 6.07) is 3.04. The lowest BCUT2D eigenvalue weighted by Gasteiger charge is -2.24. The molecule has 0 saturated heterocycles. The normalized spacial score (nSPS) is 15.8. The number of hydrogen-bond acceptors (Lipinski definition) is 4. The maximum Gasteiger partial charge on any atom is 0.318 e. The molecule has 1 heterocycles. The summed E-state index contributed by atoms with van der Waals surface area (Å²) in [5.74, 6) is -1.14. The predicted molar refractivity (Wildman–Crippen MR) is 67.2 cm³/mol. The molecule has 0 aliphatic carbocycles. The van der Waals surface area contributed by atoms with Crippen LogP contribution in [-0.4, -0.2) is 25.0 Å². The molecule has 0 unspecified atom stereocenters. The predicted octanol–water partition coefficient (Wildman–Crippen LogP) is -0.0118. The van der Waals surface area contributed by atoms with Crippen LogP contribution >= 0.6 is 0 Å². The van der Waals surface area contributed by atoms with E-state index in [9.17, 15) is 14.0 Å². The molecule has 0 radical (unpaired) electrons. The fourth-order valence-electron chi connectivity index (χ4n) is 1.85. The lowest BCUT2D eigenvalue weighted by Crippen LogP contribution is -2.39. The number of amides is 4. The van der Waals surface area contributed by atoms with Gasteiger partial charge in [0.25, 0.3) is 0 Å². The number of benzene rings is 1. The number of urea groups is 1. The van der Waals surface area contributed by atoms with E-state index in [1.165, 1.54) is 18.2 Å². The summed E-state index contributed by atoms with van der Waals surface area (Å²) >= 11 is 0. The third-order valence-corrected chi connectivity index (χ3v) is 2.57. The first-order chi connectivity index (χ1) is 9.49. The lowest BCUT2D eigenvalue weighted by atomic mass is 9.92. The Morgan fingerprint density at radius 2 is 2.10 bits per heavy atom. The van der Waals surface area contributed by atoms with Crippen molar-refractivity contribution in [2.24, 2.45) is 11.5 Å². The zero-order valence-electron chi connectivity index (χ0n) is 10.5. The number of fused-ring (bicyclic) bond motifs is 1. The molecule has 4 amide bonds. The summed E-state index contributed by atoms with van der Waals surface area (Å²) in [5.41, 5.74) is 9.48. The summed E-state index contributed by atoms with van der Waals surface area (Å²) in [6.07, 6.45) is 0.634. The Kier molecular flexibility index (Phi) is 5.45. The van der Waals surface area contributed by atoms with Crippen molar-refractivity contribution in [1.29, 1.82) is 0 Å². The highest BCUT2D eigenvalue weighted by molar-refractivity contribution is 5.97. The number of carbonyl (C=O) groups is 3. The number of nitrogens with one attached hydrogen (secondary N) is 1. The molecule has 0 saturated carbocycles. The van der Waals surface area contributed by atoms with Gasteiger partial charge in [0.15, 0.2) is 0 Å². The van der Waals surface area contributed by atoms with E-state index in [1.54, 1.807) is 0 Å². The number of hydrogen-bond donors (Lipinski definition) is 3. The summed E-state index contributed by atoms with van der Waals surface area (Å²) in [6.45, 7) is 0.343. The molecular weight excluding hydrogens is 269 g/mol.